The van der Waals surface area contributed by atoms with E-state index in [1.165, 1.54) is 15.0 Å². The van der Waals surface area contributed by atoms with Crippen LogP contribution >= 0.6 is 22.7 Å². The second-order valence-electron chi connectivity index (χ2n) is 5.72. The molecule has 22 heavy (non-hydrogen) atoms. The third kappa shape index (κ3) is 2.18. The number of nitrogens with zero attached hydrogens (tertiary/aromatic N) is 1. The molecule has 0 radical (unpaired) electrons. The van der Waals surface area contributed by atoms with Crippen molar-refractivity contribution in [3.05, 3.63) is 57.1 Å². The van der Waals surface area contributed by atoms with Crippen molar-refractivity contribution in [2.75, 3.05) is 6.54 Å². The summed E-state index contributed by atoms with van der Waals surface area (Å²) in [6, 6.07) is 12.8. The Morgan fingerprint density at radius 1 is 1.23 bits per heavy atom. The van der Waals surface area contributed by atoms with Crippen molar-refractivity contribution >= 4 is 38.7 Å². The highest BCUT2D eigenvalue weighted by Gasteiger charge is 2.32. The average molecular weight is 327 g/mol. The van der Waals surface area contributed by atoms with E-state index in [1.807, 2.05) is 12.1 Å². The fourth-order valence-electron chi connectivity index (χ4n) is 3.30. The van der Waals surface area contributed by atoms with Gasteiger partial charge in [0.1, 0.15) is 0 Å². The number of likely N-dealkylation sites (tertiary alicyclic amines) is 1. The summed E-state index contributed by atoms with van der Waals surface area (Å²) in [4.78, 5) is 17.4. The molecule has 1 aromatic carbocycles. The molecule has 4 heteroatoms. The largest absolute Gasteiger partial charge is 0.330 e. The quantitative estimate of drug-likeness (QED) is 0.629. The fourth-order valence-corrected chi connectivity index (χ4v) is 5.33. The normalized spacial score (nSPS) is 18.2. The number of aryl methyl sites for hydroxylation is 1. The fraction of sp³-hybridized carbons (Fsp3) is 0.278. The molecule has 0 spiro atoms. The van der Waals surface area contributed by atoms with Crippen LogP contribution in [0.4, 0.5) is 0 Å². The summed E-state index contributed by atoms with van der Waals surface area (Å²) in [6.07, 6.45) is 2.18. The van der Waals surface area contributed by atoms with Gasteiger partial charge in [-0.15, -0.1) is 22.7 Å². The van der Waals surface area contributed by atoms with E-state index in [-0.39, 0.29) is 11.9 Å². The van der Waals surface area contributed by atoms with Crippen LogP contribution in [0, 0.1) is 6.92 Å². The minimum Gasteiger partial charge on any atom is -0.330 e. The third-order valence-corrected chi connectivity index (χ3v) is 6.66. The highest BCUT2D eigenvalue weighted by molar-refractivity contribution is 7.21. The Morgan fingerprint density at radius 3 is 2.86 bits per heavy atom. The molecular formula is C18H17NOS2. The third-order valence-electron chi connectivity index (χ3n) is 4.42. The van der Waals surface area contributed by atoms with E-state index in [4.69, 9.17) is 0 Å². The van der Waals surface area contributed by atoms with E-state index in [1.54, 1.807) is 22.7 Å². The van der Waals surface area contributed by atoms with Gasteiger partial charge in [0.05, 0.1) is 10.9 Å². The molecule has 1 aliphatic heterocycles. The maximum atomic E-state index is 13.1. The van der Waals surface area contributed by atoms with E-state index in [9.17, 15) is 4.79 Å². The maximum absolute atomic E-state index is 13.1. The average Bonchev–Trinajstić information content (AvgIpc) is 3.26. The zero-order chi connectivity index (χ0) is 15.1. The van der Waals surface area contributed by atoms with Crippen LogP contribution in [-0.2, 0) is 0 Å². The van der Waals surface area contributed by atoms with Gasteiger partial charge in [0, 0.05) is 16.1 Å². The number of amides is 1. The molecule has 0 aliphatic carbocycles. The lowest BCUT2D eigenvalue weighted by atomic mass is 10.1. The van der Waals surface area contributed by atoms with E-state index in [0.717, 1.165) is 29.8 Å². The molecule has 2 aromatic heterocycles. The van der Waals surface area contributed by atoms with Crippen LogP contribution < -0.4 is 0 Å². The summed E-state index contributed by atoms with van der Waals surface area (Å²) in [5, 5.41) is 3.31. The van der Waals surface area contributed by atoms with Gasteiger partial charge in [-0.1, -0.05) is 24.3 Å². The van der Waals surface area contributed by atoms with Crippen molar-refractivity contribution in [1.82, 2.24) is 4.90 Å². The number of benzene rings is 1. The summed E-state index contributed by atoms with van der Waals surface area (Å²) in [5.41, 5.74) is 1.13. The second kappa shape index (κ2) is 5.52. The standard InChI is InChI=1S/C18H17NOS2/c1-12-13-6-2-3-8-15(13)22-17(12)18(20)19-10-4-7-14(19)16-9-5-11-21-16/h2-3,5-6,8-9,11,14H,4,7,10H2,1H3. The number of hydrogen-bond donors (Lipinski definition) is 0. The van der Waals surface area contributed by atoms with Crippen LogP contribution in [0.3, 0.4) is 0 Å². The van der Waals surface area contributed by atoms with Crippen LogP contribution in [0.15, 0.2) is 41.8 Å². The molecule has 1 saturated heterocycles. The molecule has 2 nitrogen and oxygen atoms in total. The van der Waals surface area contributed by atoms with E-state index >= 15 is 0 Å². The summed E-state index contributed by atoms with van der Waals surface area (Å²) >= 11 is 3.39. The predicted octanol–water partition coefficient (Wildman–Crippen LogP) is 5.25. The van der Waals surface area contributed by atoms with Gasteiger partial charge < -0.3 is 4.90 Å². The highest BCUT2D eigenvalue weighted by Crippen LogP contribution is 2.38. The summed E-state index contributed by atoms with van der Waals surface area (Å²) in [6.45, 7) is 2.94. The Hall–Kier alpha value is -1.65. The summed E-state index contributed by atoms with van der Waals surface area (Å²) in [7, 11) is 0. The molecule has 4 rings (SSSR count). The second-order valence-corrected chi connectivity index (χ2v) is 7.76. The molecule has 1 fully saturated rings. The lowest BCUT2D eigenvalue weighted by Crippen LogP contribution is -2.30. The van der Waals surface area contributed by atoms with Crippen molar-refractivity contribution in [2.24, 2.45) is 0 Å². The molecule has 0 bridgehead atoms. The van der Waals surface area contributed by atoms with Gasteiger partial charge in [-0.3, -0.25) is 4.79 Å². The molecule has 1 unspecified atom stereocenters. The highest BCUT2D eigenvalue weighted by atomic mass is 32.1. The Kier molecular flexibility index (Phi) is 3.51. The first-order valence-electron chi connectivity index (χ1n) is 7.58. The Balaban J connectivity index is 1.72. The Labute approximate surface area is 138 Å². The minimum atomic E-state index is 0.203. The molecule has 0 saturated carbocycles. The van der Waals surface area contributed by atoms with E-state index in [2.05, 4.69) is 41.5 Å². The van der Waals surface area contributed by atoms with E-state index in [0.29, 0.717) is 0 Å². The lowest BCUT2D eigenvalue weighted by molar-refractivity contribution is 0.0742. The zero-order valence-electron chi connectivity index (χ0n) is 12.4. The molecule has 112 valence electrons. The first kappa shape index (κ1) is 14.0. The smallest absolute Gasteiger partial charge is 0.264 e. The van der Waals surface area contributed by atoms with Crippen LogP contribution in [0.25, 0.3) is 10.1 Å². The molecule has 1 aliphatic rings. The SMILES string of the molecule is Cc1c(C(=O)N2CCCC2c2cccs2)sc2ccccc12. The van der Waals surface area contributed by atoms with Gasteiger partial charge >= 0.3 is 0 Å². The molecule has 0 N–H and O–H groups in total. The van der Waals surface area contributed by atoms with Crippen molar-refractivity contribution in [3.8, 4) is 0 Å². The number of hydrogen-bond acceptors (Lipinski definition) is 3. The lowest BCUT2D eigenvalue weighted by Gasteiger charge is -2.23. The first-order chi connectivity index (χ1) is 10.8. The van der Waals surface area contributed by atoms with Crippen LogP contribution in [0.1, 0.15) is 39.0 Å². The number of carbonyl (C=O) groups excluding carboxylic acids is 1. The van der Waals surface area contributed by atoms with Crippen LogP contribution in [0.2, 0.25) is 0 Å². The van der Waals surface area contributed by atoms with Crippen LogP contribution in [0.5, 0.6) is 0 Å². The Morgan fingerprint density at radius 2 is 2.09 bits per heavy atom. The van der Waals surface area contributed by atoms with Gasteiger partial charge in [-0.05, 0) is 48.2 Å². The van der Waals surface area contributed by atoms with Crippen LogP contribution in [-0.4, -0.2) is 17.4 Å². The molecule has 3 aromatic rings. The van der Waals surface area contributed by atoms with Crippen molar-refractivity contribution in [2.45, 2.75) is 25.8 Å². The Bertz CT molecular complexity index is 819. The predicted molar refractivity (Wildman–Crippen MR) is 93.9 cm³/mol. The number of fused-ring (bicyclic) bond motifs is 1. The van der Waals surface area contributed by atoms with Gasteiger partial charge in [0.2, 0.25) is 0 Å². The van der Waals surface area contributed by atoms with Crippen molar-refractivity contribution in [1.29, 1.82) is 0 Å². The number of rotatable bonds is 2. The molecular weight excluding hydrogens is 310 g/mol. The van der Waals surface area contributed by atoms with Crippen molar-refractivity contribution < 1.29 is 4.79 Å². The van der Waals surface area contributed by atoms with Gasteiger partial charge in [0.25, 0.3) is 5.91 Å². The molecule has 1 amide bonds. The van der Waals surface area contributed by atoms with Gasteiger partial charge in [-0.25, -0.2) is 0 Å². The zero-order valence-corrected chi connectivity index (χ0v) is 14.0. The van der Waals surface area contributed by atoms with Gasteiger partial charge in [-0.2, -0.15) is 0 Å². The summed E-state index contributed by atoms with van der Waals surface area (Å²) in [5.74, 6) is 0.203. The number of thiophene rings is 2. The van der Waals surface area contributed by atoms with Gasteiger partial charge in [0.15, 0.2) is 0 Å². The molecule has 1 atom stereocenters. The number of carbonyl (C=O) groups is 1. The van der Waals surface area contributed by atoms with E-state index < -0.39 is 0 Å². The maximum Gasteiger partial charge on any atom is 0.264 e. The topological polar surface area (TPSA) is 20.3 Å². The molecule has 3 heterocycles. The summed E-state index contributed by atoms with van der Waals surface area (Å²) < 4.78 is 1.20. The first-order valence-corrected chi connectivity index (χ1v) is 9.28. The monoisotopic (exact) mass is 327 g/mol. The minimum absolute atomic E-state index is 0.203. The van der Waals surface area contributed by atoms with Crippen molar-refractivity contribution in [3.63, 3.8) is 0 Å².